The number of aromatic nitrogens is 3. The maximum atomic E-state index is 12.8. The van der Waals surface area contributed by atoms with Gasteiger partial charge in [-0.15, -0.1) is 0 Å². The van der Waals surface area contributed by atoms with Crippen LogP contribution >= 0.6 is 0 Å². The van der Waals surface area contributed by atoms with Crippen molar-refractivity contribution in [1.82, 2.24) is 14.5 Å². The molecule has 5 nitrogen and oxygen atoms in total. The molecule has 0 saturated carbocycles. The molecule has 0 spiro atoms. The van der Waals surface area contributed by atoms with Crippen LogP contribution in [0.5, 0.6) is 0 Å². The SMILES string of the molecule is Cc1ccc2c(=O)nc(CC(=O)c3ccccc3)n(-c3ccccc3C)c2n1. The molecule has 2 aromatic heterocycles. The first kappa shape index (κ1) is 17.8. The number of carbonyl (C=O) groups excluding carboxylic acids is 1. The molecule has 0 atom stereocenters. The summed E-state index contributed by atoms with van der Waals surface area (Å²) in [5, 5.41) is 0.435. The summed E-state index contributed by atoms with van der Waals surface area (Å²) in [4.78, 5) is 34.3. The van der Waals surface area contributed by atoms with Gasteiger partial charge in [0.2, 0.25) is 0 Å². The van der Waals surface area contributed by atoms with E-state index < -0.39 is 0 Å². The minimum Gasteiger partial charge on any atom is -0.294 e. The Kier molecular flexibility index (Phi) is 4.57. The predicted molar refractivity (Wildman–Crippen MR) is 109 cm³/mol. The van der Waals surface area contributed by atoms with E-state index in [2.05, 4.69) is 9.97 Å². The van der Waals surface area contributed by atoms with Crippen LogP contribution in [-0.4, -0.2) is 20.3 Å². The molecule has 0 amide bonds. The Labute approximate surface area is 162 Å². The van der Waals surface area contributed by atoms with E-state index in [1.165, 1.54) is 0 Å². The number of carbonyl (C=O) groups is 1. The van der Waals surface area contributed by atoms with Gasteiger partial charge in [0.15, 0.2) is 11.4 Å². The zero-order valence-corrected chi connectivity index (χ0v) is 15.7. The van der Waals surface area contributed by atoms with E-state index in [0.29, 0.717) is 22.4 Å². The van der Waals surface area contributed by atoms with E-state index in [-0.39, 0.29) is 17.8 Å². The zero-order valence-electron chi connectivity index (χ0n) is 15.7. The lowest BCUT2D eigenvalue weighted by Gasteiger charge is -2.17. The Hall–Kier alpha value is -3.60. The van der Waals surface area contributed by atoms with Gasteiger partial charge >= 0.3 is 0 Å². The largest absolute Gasteiger partial charge is 0.294 e. The number of pyridine rings is 1. The average Bonchev–Trinajstić information content (AvgIpc) is 2.69. The topological polar surface area (TPSA) is 64.8 Å². The second-order valence-electron chi connectivity index (χ2n) is 6.74. The second-order valence-corrected chi connectivity index (χ2v) is 6.74. The third-order valence-corrected chi connectivity index (χ3v) is 4.72. The van der Waals surface area contributed by atoms with Crippen molar-refractivity contribution in [3.63, 3.8) is 0 Å². The Morgan fingerprint density at radius 3 is 2.36 bits per heavy atom. The Balaban J connectivity index is 1.98. The first-order valence-corrected chi connectivity index (χ1v) is 9.08. The van der Waals surface area contributed by atoms with Crippen molar-refractivity contribution in [3.8, 4) is 5.69 Å². The molecule has 2 aromatic carbocycles. The van der Waals surface area contributed by atoms with Gasteiger partial charge in [0.05, 0.1) is 17.5 Å². The van der Waals surface area contributed by atoms with Gasteiger partial charge in [-0.3, -0.25) is 14.2 Å². The molecule has 0 aliphatic heterocycles. The van der Waals surface area contributed by atoms with Crippen LogP contribution in [0.4, 0.5) is 0 Å². The molecule has 138 valence electrons. The molecule has 0 saturated heterocycles. The molecule has 0 radical (unpaired) electrons. The van der Waals surface area contributed by atoms with Gasteiger partial charge in [-0.2, -0.15) is 4.98 Å². The lowest BCUT2D eigenvalue weighted by atomic mass is 10.1. The Morgan fingerprint density at radius 1 is 0.893 bits per heavy atom. The highest BCUT2D eigenvalue weighted by atomic mass is 16.1. The van der Waals surface area contributed by atoms with Gasteiger partial charge < -0.3 is 0 Å². The standard InChI is InChI=1S/C23H19N3O2/c1-15-8-6-7-11-19(15)26-21(14-20(27)17-9-4-3-5-10-17)25-23(28)18-13-12-16(2)24-22(18)26/h3-13H,14H2,1-2H3. The van der Waals surface area contributed by atoms with Crippen molar-refractivity contribution < 1.29 is 4.79 Å². The first-order valence-electron chi connectivity index (χ1n) is 9.08. The Bertz CT molecular complexity index is 1240. The summed E-state index contributed by atoms with van der Waals surface area (Å²) in [6.07, 6.45) is 0.0130. The minimum absolute atomic E-state index is 0.0130. The van der Waals surface area contributed by atoms with Crippen LogP contribution < -0.4 is 5.56 Å². The summed E-state index contributed by atoms with van der Waals surface area (Å²) in [5.74, 6) is 0.292. The summed E-state index contributed by atoms with van der Waals surface area (Å²) in [6.45, 7) is 3.86. The third-order valence-electron chi connectivity index (χ3n) is 4.72. The lowest BCUT2D eigenvalue weighted by molar-refractivity contribution is 0.0990. The van der Waals surface area contributed by atoms with Gasteiger partial charge in [-0.05, 0) is 37.6 Å². The molecule has 0 N–H and O–H groups in total. The van der Waals surface area contributed by atoms with Crippen LogP contribution in [0.3, 0.4) is 0 Å². The van der Waals surface area contributed by atoms with Crippen LogP contribution in [0.2, 0.25) is 0 Å². The van der Waals surface area contributed by atoms with Gasteiger partial charge in [0, 0.05) is 11.3 Å². The molecule has 4 rings (SSSR count). The fourth-order valence-corrected chi connectivity index (χ4v) is 3.29. The fourth-order valence-electron chi connectivity index (χ4n) is 3.29. The quantitative estimate of drug-likeness (QED) is 0.513. The molecule has 5 heteroatoms. The summed E-state index contributed by atoms with van der Waals surface area (Å²) in [7, 11) is 0. The van der Waals surface area contributed by atoms with Crippen molar-refractivity contribution >= 4 is 16.8 Å². The second kappa shape index (κ2) is 7.19. The number of nitrogens with zero attached hydrogens (tertiary/aromatic N) is 3. The zero-order chi connectivity index (χ0) is 19.7. The summed E-state index contributed by atoms with van der Waals surface area (Å²) < 4.78 is 1.83. The van der Waals surface area contributed by atoms with Crippen molar-refractivity contribution in [2.75, 3.05) is 0 Å². The van der Waals surface area contributed by atoms with Crippen molar-refractivity contribution in [2.45, 2.75) is 20.3 Å². The van der Waals surface area contributed by atoms with E-state index in [1.807, 2.05) is 60.9 Å². The van der Waals surface area contributed by atoms with E-state index in [4.69, 9.17) is 0 Å². The molecule has 0 bridgehead atoms. The number of hydrogen-bond donors (Lipinski definition) is 0. The van der Waals surface area contributed by atoms with E-state index >= 15 is 0 Å². The van der Waals surface area contributed by atoms with Crippen LogP contribution in [0.1, 0.15) is 27.4 Å². The van der Waals surface area contributed by atoms with Gasteiger partial charge in [-0.1, -0.05) is 48.5 Å². The molecular formula is C23H19N3O2. The maximum Gasteiger partial charge on any atom is 0.282 e. The van der Waals surface area contributed by atoms with Crippen molar-refractivity contribution in [3.05, 3.63) is 99.7 Å². The highest BCUT2D eigenvalue weighted by Gasteiger charge is 2.18. The number of fused-ring (bicyclic) bond motifs is 1. The molecule has 0 unspecified atom stereocenters. The lowest BCUT2D eigenvalue weighted by Crippen LogP contribution is -2.22. The molecule has 28 heavy (non-hydrogen) atoms. The maximum absolute atomic E-state index is 12.8. The van der Waals surface area contributed by atoms with E-state index in [1.54, 1.807) is 24.3 Å². The van der Waals surface area contributed by atoms with Crippen molar-refractivity contribution in [1.29, 1.82) is 0 Å². The first-order chi connectivity index (χ1) is 13.5. The highest BCUT2D eigenvalue weighted by Crippen LogP contribution is 2.21. The molecule has 0 aliphatic rings. The number of ketones is 1. The number of benzene rings is 2. The van der Waals surface area contributed by atoms with Crippen LogP contribution in [0, 0.1) is 13.8 Å². The van der Waals surface area contributed by atoms with Crippen molar-refractivity contribution in [2.24, 2.45) is 0 Å². The molecule has 0 aliphatic carbocycles. The number of Topliss-reactive ketones (excluding diaryl/α,β-unsaturated/α-hetero) is 1. The van der Waals surface area contributed by atoms with E-state index in [0.717, 1.165) is 16.9 Å². The van der Waals surface area contributed by atoms with Crippen LogP contribution in [0.15, 0.2) is 71.5 Å². The van der Waals surface area contributed by atoms with Gasteiger partial charge in [0.25, 0.3) is 5.56 Å². The average molecular weight is 369 g/mol. The third kappa shape index (κ3) is 3.22. The summed E-state index contributed by atoms with van der Waals surface area (Å²) >= 11 is 0. The molecule has 0 fully saturated rings. The summed E-state index contributed by atoms with van der Waals surface area (Å²) in [6, 6.07) is 20.4. The van der Waals surface area contributed by atoms with E-state index in [9.17, 15) is 9.59 Å². The summed E-state index contributed by atoms with van der Waals surface area (Å²) in [5.41, 5.74) is 3.39. The normalized spacial score (nSPS) is 10.9. The fraction of sp³-hybridized carbons (Fsp3) is 0.130. The number of hydrogen-bond acceptors (Lipinski definition) is 4. The monoisotopic (exact) mass is 369 g/mol. The highest BCUT2D eigenvalue weighted by molar-refractivity contribution is 5.97. The van der Waals surface area contributed by atoms with Crippen LogP contribution in [-0.2, 0) is 6.42 Å². The smallest absolute Gasteiger partial charge is 0.282 e. The van der Waals surface area contributed by atoms with Gasteiger partial charge in [0.1, 0.15) is 5.82 Å². The number of aryl methyl sites for hydroxylation is 2. The minimum atomic E-state index is -0.372. The van der Waals surface area contributed by atoms with Crippen LogP contribution in [0.25, 0.3) is 16.7 Å². The number of rotatable bonds is 4. The molecule has 2 heterocycles. The molecule has 4 aromatic rings. The Morgan fingerprint density at radius 2 is 1.61 bits per heavy atom. The number of para-hydroxylation sites is 1. The predicted octanol–water partition coefficient (Wildman–Crippen LogP) is 3.82. The van der Waals surface area contributed by atoms with Gasteiger partial charge in [-0.25, -0.2) is 4.98 Å². The molecular weight excluding hydrogens is 350 g/mol.